The topological polar surface area (TPSA) is 1010 Å². The summed E-state index contributed by atoms with van der Waals surface area (Å²) in [7, 11) is 0. The first kappa shape index (κ1) is 121. The largest absolute Gasteiger partial charge is 0.394 e. The Labute approximate surface area is 832 Å². The zero-order valence-electron chi connectivity index (χ0n) is 79.2. The predicted molar refractivity (Wildman–Crippen MR) is 452 cm³/mol. The van der Waals surface area contributed by atoms with Gasteiger partial charge in [0.05, 0.1) is 78.8 Å². The fourth-order valence-corrected chi connectivity index (χ4v) is 19.3. The van der Waals surface area contributed by atoms with E-state index in [1.807, 2.05) is 0 Å². The molecule has 12 rings (SSSR count). The van der Waals surface area contributed by atoms with Crippen LogP contribution in [0.2, 0.25) is 0 Å². The van der Waals surface area contributed by atoms with Crippen molar-refractivity contribution in [1.82, 2.24) is 26.6 Å². The summed E-state index contributed by atoms with van der Waals surface area (Å²) >= 11 is 0. The van der Waals surface area contributed by atoms with Crippen LogP contribution in [-0.2, 0) is 133 Å². The van der Waals surface area contributed by atoms with Gasteiger partial charge in [-0.25, -0.2) is 0 Å². The number of ether oxygens (including phenoxy) is 23. The van der Waals surface area contributed by atoms with Crippen molar-refractivity contribution in [3.8, 4) is 0 Å². The Morgan fingerprint density at radius 2 is 0.429 bits per heavy atom. The second-order valence-electron chi connectivity index (χ2n) is 37.3. The van der Waals surface area contributed by atoms with Gasteiger partial charge in [-0.15, -0.1) is 0 Å². The lowest BCUT2D eigenvalue weighted by atomic mass is 9.93. The lowest BCUT2D eigenvalue weighted by Crippen LogP contribution is -2.72. The van der Waals surface area contributed by atoms with Crippen LogP contribution in [0.25, 0.3) is 0 Å². The SMILES string of the molecule is CC(=O)N[C@@H]1[C@@H](O)[C@H](O[C@@H]2O[C@H](CO)[C@@H](O[C@@H]3O[C@H](CO[C@H]4O[C@H](CO)[C@@H](O)[C@H](O)[C@@H]4O[C@@H]4O[C@H](CO)[C@@H](O[C@@H]5O[C@H](CO)[C@H](O)[C@H](O)[C@H]5O)[C@H](O)[C@H]4NC(C)=O)[C@@H](O)[C@H](O[C@H]4O[C@H](CO)[C@@H](O[C@@H]5O[C@H](CO)[C@@H](O[C@@H]6O[C@H](CO)[C@H](O)[C@H](O)[C@H]6O)[C@H](O[C@@H]6O[C@@H](C)[C@@H](O)[C@@H](O)[C@@H]6O)[C@H]5NC(C)=O)[C@H](O)[C@@H]4O[C@@H]4O[C@H](CO)[C@@H](O[C@@H]5O[C@H](CO)[C@H](O)[C@H](O)[C@H]5O)[C@H](O)[C@H]4NC(C)=O)[C@@H]3O)[C@H](O)[C@H]2NC(C)=O)[C@@H](CO)O[C@H]1O. The molecule has 65 heteroatoms. The third-order valence-corrected chi connectivity index (χ3v) is 27.1. The number of hydrogen-bond acceptors (Lipinski definition) is 60. The average Bonchev–Trinajstić information content (AvgIpc) is 0.752. The van der Waals surface area contributed by atoms with Gasteiger partial charge in [0.1, 0.15) is 287 Å². The highest BCUT2D eigenvalue weighted by atomic mass is 16.8. The first-order valence-corrected chi connectivity index (χ1v) is 47.0. The van der Waals surface area contributed by atoms with E-state index >= 15 is 0 Å². The highest BCUT2D eigenvalue weighted by molar-refractivity contribution is 5.75. The quantitative estimate of drug-likeness (QED) is 0.0273. The predicted octanol–water partition coefficient (Wildman–Crippen LogP) is -25.4. The van der Waals surface area contributed by atoms with Crippen LogP contribution in [0.3, 0.4) is 0 Å². The fourth-order valence-electron chi connectivity index (χ4n) is 19.3. The molecule has 147 heavy (non-hydrogen) atoms. The molecule has 0 radical (unpaired) electrons. The van der Waals surface area contributed by atoms with E-state index in [4.69, 9.17) is 109 Å². The minimum atomic E-state index is -2.81. The second kappa shape index (κ2) is 52.8. The molecule has 0 aromatic carbocycles. The van der Waals surface area contributed by atoms with Gasteiger partial charge in [-0.05, 0) is 6.92 Å². The number of nitrogens with one attached hydrogen (secondary N) is 5. The van der Waals surface area contributed by atoms with Crippen LogP contribution in [-0.4, -0.2) is 634 Å². The Morgan fingerprint density at radius 1 is 0.190 bits per heavy atom. The molecule has 0 saturated carbocycles. The van der Waals surface area contributed by atoms with E-state index in [1.54, 1.807) is 0 Å². The van der Waals surface area contributed by atoms with Crippen LogP contribution in [0.5, 0.6) is 0 Å². The van der Waals surface area contributed by atoms with Gasteiger partial charge in [-0.1, -0.05) is 0 Å². The molecule has 12 fully saturated rings. The first-order chi connectivity index (χ1) is 69.6. The van der Waals surface area contributed by atoms with Gasteiger partial charge in [0.2, 0.25) is 29.5 Å². The minimum Gasteiger partial charge on any atom is -0.394 e. The van der Waals surface area contributed by atoms with Crippen molar-refractivity contribution in [3.05, 3.63) is 0 Å². The molecule has 12 aliphatic rings. The molecule has 12 aliphatic heterocycles. The van der Waals surface area contributed by atoms with E-state index in [0.29, 0.717) is 0 Å². The molecular weight excluding hydrogens is 2010 g/mol. The highest BCUT2D eigenvalue weighted by Gasteiger charge is 2.65. The van der Waals surface area contributed by atoms with Crippen molar-refractivity contribution >= 4 is 29.5 Å². The maximum Gasteiger partial charge on any atom is 0.217 e. The highest BCUT2D eigenvalue weighted by Crippen LogP contribution is 2.44. The third-order valence-electron chi connectivity index (χ3n) is 27.1. The third kappa shape index (κ3) is 26.7. The van der Waals surface area contributed by atoms with Crippen LogP contribution < -0.4 is 26.6 Å². The molecule has 0 unspecified atom stereocenters. The average molecular weight is 2150 g/mol. The summed E-state index contributed by atoms with van der Waals surface area (Å²) in [4.78, 5) is 66.2. The summed E-state index contributed by atoms with van der Waals surface area (Å²) in [6.07, 6.45) is -121. The molecule has 850 valence electrons. The summed E-state index contributed by atoms with van der Waals surface area (Å²) < 4.78 is 140. The van der Waals surface area contributed by atoms with Gasteiger partial charge in [0, 0.05) is 34.6 Å². The van der Waals surface area contributed by atoms with E-state index in [0.717, 1.165) is 34.6 Å². The molecule has 0 aromatic rings. The summed E-state index contributed by atoms with van der Waals surface area (Å²) in [6, 6.07) is -10.2. The molecule has 0 aliphatic carbocycles. The van der Waals surface area contributed by atoms with Gasteiger partial charge < -0.3 is 299 Å². The van der Waals surface area contributed by atoms with E-state index in [1.165, 1.54) is 6.92 Å². The maximum absolute atomic E-state index is 13.8. The van der Waals surface area contributed by atoms with Crippen LogP contribution in [0, 0.1) is 0 Å². The molecule has 60 atom stereocenters. The lowest BCUT2D eigenvalue weighted by Gasteiger charge is -2.53. The molecule has 12 heterocycles. The monoisotopic (exact) mass is 2150 g/mol. The molecule has 65 nitrogen and oxygen atoms in total. The lowest BCUT2D eigenvalue weighted by molar-refractivity contribution is -0.409. The fraction of sp³-hybridized carbons (Fsp3) is 0.939. The summed E-state index contributed by atoms with van der Waals surface area (Å²) in [5.41, 5.74) is 0. The molecule has 0 spiro atoms. The first-order valence-electron chi connectivity index (χ1n) is 47.0. The maximum atomic E-state index is 13.8. The van der Waals surface area contributed by atoms with E-state index in [9.17, 15) is 187 Å². The van der Waals surface area contributed by atoms with Gasteiger partial charge in [0.15, 0.2) is 75.5 Å². The molecule has 12 saturated heterocycles. The van der Waals surface area contributed by atoms with Crippen LogP contribution in [0.15, 0.2) is 0 Å². The Balaban J connectivity index is 0.952. The Kier molecular flexibility index (Phi) is 43.4. The number of aliphatic hydroxyl groups excluding tert-OH is 32. The Bertz CT molecular complexity index is 4110. The standard InChI is InChI=1S/C82H137N5O60/c1-18-40(103)50(113)55(118)76(126-18)144-67-39(87-23(6)102)75(135-33(16-97)66(67)143-79-58(121)53(116)43(106)26(9-90)130-79)139-65-32(15-96)136-82(70(59(65)122)147-74-38(86-22(5)101)49(112)63(30(13-94)134-74)141-78-57(120)52(115)42(105)25(8-89)129-78)145-68-45(108)34(137-80(60(68)123)142-64-31(14-95)132-72(36(47(64)110)84-20(3)99)138-61-28(11-92)127-71(124)35(46(61)109)83-19(2)98)17-125-81-69(54(117)44(107)27(10-91)131-81)146-73-37(85-21(4)100)48(111)62(29(12-93)133-73)140-77-56(119)51(114)41(104)24(7-88)128-77/h18,24-82,88-97,103-124H,7-17H2,1-6H3,(H,83,98)(H,84,99)(H,85,100)(H,86,101)(H,87,102)/t18-,24+,25+,26+,27+,28+,29+,30+,31+,32+,33+,34+,35+,36+,37+,38+,39+,40+,41-,42-,43-,44+,45+,46+,47+,48+,49+,50+,51-,52-,53-,54-,55-,56+,57+,58+,59-,60-,61+,62+,63+,64+,65+,66+,67+,68-,69-,70-,71+,72-,73-,74-,75-,76-,77-,78-,79-,80-,81-,82+/m0/s1. The normalized spacial score (nSPS) is 49.6. The summed E-state index contributed by atoms with van der Waals surface area (Å²) in [5, 5.41) is 375. The summed E-state index contributed by atoms with van der Waals surface area (Å²) in [5.74, 6) is -5.06. The number of carbonyl (C=O) groups is 5. The number of rotatable bonds is 38. The molecular formula is C82H137N5O60. The van der Waals surface area contributed by atoms with E-state index in [-0.39, 0.29) is 0 Å². The van der Waals surface area contributed by atoms with Gasteiger partial charge in [0.25, 0.3) is 0 Å². The van der Waals surface area contributed by atoms with Crippen molar-refractivity contribution in [3.63, 3.8) is 0 Å². The second-order valence-corrected chi connectivity index (χ2v) is 37.3. The molecule has 37 N–H and O–H groups in total. The number of hydrogen-bond donors (Lipinski definition) is 37. The van der Waals surface area contributed by atoms with Crippen molar-refractivity contribution < 1.29 is 296 Å². The zero-order valence-corrected chi connectivity index (χ0v) is 79.2. The van der Waals surface area contributed by atoms with Gasteiger partial charge in [-0.3, -0.25) is 24.0 Å². The Hall–Kier alpha value is -4.85. The molecule has 5 amide bonds. The van der Waals surface area contributed by atoms with Crippen LogP contribution in [0.4, 0.5) is 0 Å². The zero-order chi connectivity index (χ0) is 108. The molecule has 0 bridgehead atoms. The van der Waals surface area contributed by atoms with Crippen molar-refractivity contribution in [2.45, 2.75) is 410 Å². The van der Waals surface area contributed by atoms with E-state index < -0.39 is 470 Å². The summed E-state index contributed by atoms with van der Waals surface area (Å²) in [6.45, 7) is -7.70. The number of amides is 5. The number of aliphatic hydroxyl groups is 32. The van der Waals surface area contributed by atoms with Crippen molar-refractivity contribution in [2.75, 3.05) is 72.7 Å². The van der Waals surface area contributed by atoms with Crippen LogP contribution >= 0.6 is 0 Å². The van der Waals surface area contributed by atoms with Crippen LogP contribution in [0.1, 0.15) is 41.5 Å². The molecule has 0 aromatic heterocycles. The van der Waals surface area contributed by atoms with E-state index in [2.05, 4.69) is 26.6 Å². The van der Waals surface area contributed by atoms with Gasteiger partial charge >= 0.3 is 0 Å². The van der Waals surface area contributed by atoms with Crippen molar-refractivity contribution in [1.29, 1.82) is 0 Å². The Morgan fingerprint density at radius 3 is 0.796 bits per heavy atom. The van der Waals surface area contributed by atoms with Gasteiger partial charge in [-0.2, -0.15) is 0 Å². The minimum absolute atomic E-state index is 0.843. The van der Waals surface area contributed by atoms with Crippen molar-refractivity contribution in [2.24, 2.45) is 0 Å². The smallest absolute Gasteiger partial charge is 0.217 e. The number of carbonyl (C=O) groups excluding carboxylic acids is 5.